The lowest BCUT2D eigenvalue weighted by molar-refractivity contribution is -0.142. The molecule has 0 spiro atoms. The number of rotatable bonds is 21. The monoisotopic (exact) mass is 688 g/mol. The second kappa shape index (κ2) is 22.0. The first kappa shape index (κ1) is 44.1. The first-order valence-corrected chi connectivity index (χ1v) is 18.0. The zero-order valence-electron chi connectivity index (χ0n) is 32.9. The number of allylic oxidation sites excluding steroid dienone is 5. The van der Waals surface area contributed by atoms with E-state index in [4.69, 9.17) is 9.47 Å². The minimum absolute atomic E-state index is 0.0289. The third-order valence-corrected chi connectivity index (χ3v) is 9.89. The van der Waals surface area contributed by atoms with Crippen LogP contribution in [-0.4, -0.2) is 116 Å². The van der Waals surface area contributed by atoms with E-state index in [1.54, 1.807) is 14.2 Å². The predicted octanol–water partition coefficient (Wildman–Crippen LogP) is 5.32. The van der Waals surface area contributed by atoms with Crippen molar-refractivity contribution >= 4 is 17.7 Å². The molecule has 1 aliphatic heterocycles. The maximum absolute atomic E-state index is 13.9. The first-order chi connectivity index (χ1) is 23.0. The van der Waals surface area contributed by atoms with Gasteiger partial charge >= 0.3 is 0 Å². The molecule has 3 amide bonds. The summed E-state index contributed by atoms with van der Waals surface area (Å²) in [5.41, 5.74) is 1.90. The standard InChI is InChI=1S/C39H69N5O5/c1-15-17-20-32(19-16-2)23-28(7)40-39(47)29(8)38(49-14)33-21-18-22-44(33)36(46)24-34(48-13)30(9)43(12)31(10)37(26(3)4)41-35(45)25-42(11)27(5)6/h15-17,19-20,26-30,33-34,37-38H,10,18,21-25H2,1-9,11-14H3,(H,40,47)(H,41,45)/b17-15-,19-16-,32-20+/t28-,29-,30+,33+,34-,37+,38-/m1/s1. The average molecular weight is 688 g/mol. The van der Waals surface area contributed by atoms with Crippen molar-refractivity contribution in [2.24, 2.45) is 11.8 Å². The van der Waals surface area contributed by atoms with Crippen molar-refractivity contribution in [3.63, 3.8) is 0 Å². The molecule has 1 saturated heterocycles. The minimum Gasteiger partial charge on any atom is -0.379 e. The average Bonchev–Trinajstić information content (AvgIpc) is 3.53. The molecule has 1 fully saturated rings. The van der Waals surface area contributed by atoms with Gasteiger partial charge in [0.1, 0.15) is 0 Å². The molecule has 0 bridgehead atoms. The molecule has 0 aromatic rings. The maximum Gasteiger partial charge on any atom is 0.234 e. The topological polar surface area (TPSA) is 103 Å². The Kier molecular flexibility index (Phi) is 19.8. The van der Waals surface area contributed by atoms with Gasteiger partial charge in [-0.2, -0.15) is 0 Å². The van der Waals surface area contributed by atoms with Crippen LogP contribution in [0.3, 0.4) is 0 Å². The molecule has 0 aliphatic carbocycles. The minimum atomic E-state index is -0.453. The molecule has 280 valence electrons. The van der Waals surface area contributed by atoms with Crippen molar-refractivity contribution in [3.8, 4) is 0 Å². The summed E-state index contributed by atoms with van der Waals surface area (Å²) in [6.07, 6.45) is 11.7. The number of nitrogens with one attached hydrogen (secondary N) is 2. The molecule has 0 aromatic carbocycles. The van der Waals surface area contributed by atoms with Crippen LogP contribution in [0.15, 0.2) is 48.2 Å². The van der Waals surface area contributed by atoms with Crippen LogP contribution in [0.4, 0.5) is 0 Å². The van der Waals surface area contributed by atoms with E-state index >= 15 is 0 Å². The Morgan fingerprint density at radius 2 is 1.61 bits per heavy atom. The van der Waals surface area contributed by atoms with Crippen molar-refractivity contribution in [1.29, 1.82) is 0 Å². The molecule has 1 rings (SSSR count). The summed E-state index contributed by atoms with van der Waals surface area (Å²) < 4.78 is 11.8. The molecular weight excluding hydrogens is 618 g/mol. The zero-order valence-corrected chi connectivity index (χ0v) is 32.9. The van der Waals surface area contributed by atoms with Crippen molar-refractivity contribution in [2.75, 3.05) is 41.4 Å². The van der Waals surface area contributed by atoms with Crippen LogP contribution in [0.5, 0.6) is 0 Å². The number of likely N-dealkylation sites (N-methyl/N-ethyl adjacent to an activating group) is 2. The van der Waals surface area contributed by atoms with Crippen LogP contribution >= 0.6 is 0 Å². The van der Waals surface area contributed by atoms with Gasteiger partial charge in [0.25, 0.3) is 0 Å². The van der Waals surface area contributed by atoms with E-state index in [9.17, 15) is 14.4 Å². The van der Waals surface area contributed by atoms with Crippen molar-refractivity contribution in [1.82, 2.24) is 25.3 Å². The number of carbonyl (C=O) groups excluding carboxylic acids is 3. The third-order valence-electron chi connectivity index (χ3n) is 9.89. The van der Waals surface area contributed by atoms with Gasteiger partial charge in [-0.05, 0) is 79.3 Å². The van der Waals surface area contributed by atoms with E-state index in [0.29, 0.717) is 19.5 Å². The van der Waals surface area contributed by atoms with Gasteiger partial charge in [0.2, 0.25) is 17.7 Å². The van der Waals surface area contributed by atoms with Crippen LogP contribution in [0, 0.1) is 11.8 Å². The number of methoxy groups -OCH3 is 2. The van der Waals surface area contributed by atoms with Gasteiger partial charge in [0.15, 0.2) is 0 Å². The fourth-order valence-electron chi connectivity index (χ4n) is 6.43. The van der Waals surface area contributed by atoms with Gasteiger partial charge in [0, 0.05) is 45.6 Å². The van der Waals surface area contributed by atoms with Crippen molar-refractivity contribution in [2.45, 2.75) is 130 Å². The smallest absolute Gasteiger partial charge is 0.234 e. The van der Waals surface area contributed by atoms with Crippen molar-refractivity contribution in [3.05, 3.63) is 48.2 Å². The van der Waals surface area contributed by atoms with Crippen LogP contribution in [0.2, 0.25) is 0 Å². The number of likely N-dealkylation sites (tertiary alicyclic amines) is 1. The fourth-order valence-corrected chi connectivity index (χ4v) is 6.43. The largest absolute Gasteiger partial charge is 0.379 e. The Morgan fingerprint density at radius 1 is 0.959 bits per heavy atom. The second-order valence-electron chi connectivity index (χ2n) is 14.3. The number of nitrogens with zero attached hydrogens (tertiary/aromatic N) is 3. The summed E-state index contributed by atoms with van der Waals surface area (Å²) >= 11 is 0. The van der Waals surface area contributed by atoms with Gasteiger partial charge in [-0.15, -0.1) is 0 Å². The van der Waals surface area contributed by atoms with E-state index in [1.807, 2.05) is 81.6 Å². The second-order valence-corrected chi connectivity index (χ2v) is 14.3. The molecule has 0 aromatic heterocycles. The Balaban J connectivity index is 2.99. The predicted molar refractivity (Wildman–Crippen MR) is 201 cm³/mol. The Labute approximate surface area is 298 Å². The summed E-state index contributed by atoms with van der Waals surface area (Å²) in [5, 5.41) is 6.33. The molecule has 1 heterocycles. The number of ether oxygens (including phenoxy) is 2. The van der Waals surface area contributed by atoms with Crippen LogP contribution in [0.25, 0.3) is 0 Å². The highest BCUT2D eigenvalue weighted by Crippen LogP contribution is 2.29. The van der Waals surface area contributed by atoms with Gasteiger partial charge in [-0.1, -0.05) is 57.7 Å². The van der Waals surface area contributed by atoms with Crippen molar-refractivity contribution < 1.29 is 23.9 Å². The number of hydrogen-bond donors (Lipinski definition) is 2. The lowest BCUT2D eigenvalue weighted by Crippen LogP contribution is -2.52. The molecule has 49 heavy (non-hydrogen) atoms. The molecular formula is C39H69N5O5. The molecule has 0 radical (unpaired) electrons. The lowest BCUT2D eigenvalue weighted by atomic mass is 9.93. The zero-order chi connectivity index (χ0) is 37.4. The normalized spacial score (nSPS) is 19.4. The SMILES string of the molecule is C=C([C@@H](NC(=O)CN(C)C(C)C)C(C)C)N(C)[C@@H](C)[C@@H](CC(=O)N1CCC[C@H]1[C@H](OC)[C@@H](C)C(=O)N[C@H](C)CC(/C=C\C)=C/C=C\C)OC. The summed E-state index contributed by atoms with van der Waals surface area (Å²) in [4.78, 5) is 46.1. The van der Waals surface area contributed by atoms with E-state index in [2.05, 4.69) is 57.1 Å². The lowest BCUT2D eigenvalue weighted by Gasteiger charge is -2.39. The highest BCUT2D eigenvalue weighted by atomic mass is 16.5. The fraction of sp³-hybridized carbons (Fsp3) is 0.718. The van der Waals surface area contributed by atoms with E-state index < -0.39 is 18.1 Å². The van der Waals surface area contributed by atoms with E-state index in [1.165, 1.54) is 0 Å². The van der Waals surface area contributed by atoms with Gasteiger partial charge in [-0.25, -0.2) is 0 Å². The molecule has 10 heteroatoms. The maximum atomic E-state index is 13.9. The van der Waals surface area contributed by atoms with Crippen LogP contribution in [-0.2, 0) is 23.9 Å². The summed E-state index contributed by atoms with van der Waals surface area (Å²) in [6.45, 7) is 23.4. The van der Waals surface area contributed by atoms with Gasteiger partial charge in [-0.3, -0.25) is 19.3 Å². The highest BCUT2D eigenvalue weighted by molar-refractivity contribution is 5.80. The molecule has 1 aliphatic rings. The van der Waals surface area contributed by atoms with E-state index in [0.717, 1.165) is 24.1 Å². The molecule has 0 saturated carbocycles. The number of hydrogen-bond acceptors (Lipinski definition) is 7. The quantitative estimate of drug-likeness (QED) is 0.158. The van der Waals surface area contributed by atoms with Gasteiger partial charge < -0.3 is 29.9 Å². The molecule has 0 unspecified atom stereocenters. The Morgan fingerprint density at radius 3 is 2.14 bits per heavy atom. The molecule has 2 N–H and O–H groups in total. The highest BCUT2D eigenvalue weighted by Gasteiger charge is 2.41. The van der Waals surface area contributed by atoms with Crippen LogP contribution in [0.1, 0.15) is 88.0 Å². The number of carbonyl (C=O) groups is 3. The van der Waals surface area contributed by atoms with E-state index in [-0.39, 0.29) is 60.3 Å². The Bertz CT molecular complexity index is 1150. The van der Waals surface area contributed by atoms with Crippen LogP contribution < -0.4 is 10.6 Å². The van der Waals surface area contributed by atoms with Gasteiger partial charge in [0.05, 0.1) is 49.2 Å². The third kappa shape index (κ3) is 13.7. The summed E-state index contributed by atoms with van der Waals surface area (Å²) in [6, 6.07) is -0.495. The summed E-state index contributed by atoms with van der Waals surface area (Å²) in [5.74, 6) is -0.512. The first-order valence-electron chi connectivity index (χ1n) is 18.0. The molecule has 10 nitrogen and oxygen atoms in total. The Hall–Kier alpha value is -2.95. The summed E-state index contributed by atoms with van der Waals surface area (Å²) in [7, 11) is 7.11. The molecule has 7 atom stereocenters. The number of amides is 3.